The first-order valence-electron chi connectivity index (χ1n) is 4.75. The first kappa shape index (κ1) is 10.5. The lowest BCUT2D eigenvalue weighted by molar-refractivity contribution is 0.595. The second kappa shape index (κ2) is 3.89. The molecule has 2 nitrogen and oxygen atoms in total. The zero-order chi connectivity index (χ0) is 11.7. The number of benzene rings is 1. The summed E-state index contributed by atoms with van der Waals surface area (Å²) in [6, 6.07) is 5.38. The third-order valence-corrected chi connectivity index (χ3v) is 2.31. The van der Waals surface area contributed by atoms with Gasteiger partial charge in [0.2, 0.25) is 0 Å². The molecule has 0 atom stereocenters. The lowest BCUT2D eigenvalue weighted by Gasteiger charge is -2.05. The third kappa shape index (κ3) is 1.86. The highest BCUT2D eigenvalue weighted by atomic mass is 19.1. The summed E-state index contributed by atoms with van der Waals surface area (Å²) in [5, 5.41) is 0. The van der Waals surface area contributed by atoms with E-state index in [2.05, 4.69) is 4.98 Å². The molecule has 2 rings (SSSR count). The average molecular weight is 220 g/mol. The maximum Gasteiger partial charge on any atom is 0.133 e. The molecule has 0 aliphatic heterocycles. The molecule has 2 aromatic rings. The van der Waals surface area contributed by atoms with Crippen LogP contribution in [0.2, 0.25) is 0 Å². The van der Waals surface area contributed by atoms with Crippen molar-refractivity contribution in [2.45, 2.75) is 6.92 Å². The second-order valence-electron chi connectivity index (χ2n) is 3.56. The SMILES string of the molecule is Cc1cc(F)c(-c2cc(N)ccn2)cc1F. The Morgan fingerprint density at radius 3 is 2.56 bits per heavy atom. The number of aryl methyl sites for hydroxylation is 1. The van der Waals surface area contributed by atoms with Crippen LogP contribution in [0.3, 0.4) is 0 Å². The molecule has 16 heavy (non-hydrogen) atoms. The summed E-state index contributed by atoms with van der Waals surface area (Å²) in [6.07, 6.45) is 1.46. The highest BCUT2D eigenvalue weighted by Gasteiger charge is 2.10. The van der Waals surface area contributed by atoms with E-state index in [0.717, 1.165) is 12.1 Å². The van der Waals surface area contributed by atoms with Crippen molar-refractivity contribution in [3.8, 4) is 11.3 Å². The Bertz CT molecular complexity index is 539. The minimum atomic E-state index is -0.503. The van der Waals surface area contributed by atoms with Gasteiger partial charge in [0, 0.05) is 17.4 Å². The van der Waals surface area contributed by atoms with Gasteiger partial charge in [-0.2, -0.15) is 0 Å². The summed E-state index contributed by atoms with van der Waals surface area (Å²) in [6.45, 7) is 1.51. The quantitative estimate of drug-likeness (QED) is 0.802. The summed E-state index contributed by atoms with van der Waals surface area (Å²) in [5.41, 5.74) is 6.74. The molecule has 1 heterocycles. The molecule has 4 heteroatoms. The van der Waals surface area contributed by atoms with Gasteiger partial charge in [0.15, 0.2) is 0 Å². The maximum atomic E-state index is 13.6. The Kier molecular flexibility index (Phi) is 2.56. The molecular formula is C12H10F2N2. The molecule has 0 aliphatic carbocycles. The van der Waals surface area contributed by atoms with Crippen molar-refractivity contribution >= 4 is 5.69 Å². The first-order chi connectivity index (χ1) is 7.58. The lowest BCUT2D eigenvalue weighted by Crippen LogP contribution is -1.94. The summed E-state index contributed by atoms with van der Waals surface area (Å²) in [7, 11) is 0. The molecule has 0 radical (unpaired) electrons. The van der Waals surface area contributed by atoms with E-state index >= 15 is 0 Å². The summed E-state index contributed by atoms with van der Waals surface area (Å²) in [5.74, 6) is -0.961. The summed E-state index contributed by atoms with van der Waals surface area (Å²) >= 11 is 0. The van der Waals surface area contributed by atoms with Crippen LogP contribution in [0.15, 0.2) is 30.5 Å². The molecule has 0 fully saturated rings. The molecule has 2 N–H and O–H groups in total. The number of pyridine rings is 1. The minimum absolute atomic E-state index is 0.121. The molecule has 1 aromatic carbocycles. The molecular weight excluding hydrogens is 210 g/mol. The normalized spacial score (nSPS) is 10.4. The van der Waals surface area contributed by atoms with Crippen molar-refractivity contribution in [2.75, 3.05) is 5.73 Å². The molecule has 0 spiro atoms. The molecule has 0 saturated heterocycles. The highest BCUT2D eigenvalue weighted by molar-refractivity contribution is 5.64. The Morgan fingerprint density at radius 1 is 1.12 bits per heavy atom. The zero-order valence-electron chi connectivity index (χ0n) is 8.67. The predicted molar refractivity (Wildman–Crippen MR) is 58.7 cm³/mol. The Morgan fingerprint density at radius 2 is 1.88 bits per heavy atom. The van der Waals surface area contributed by atoms with E-state index in [-0.39, 0.29) is 11.1 Å². The van der Waals surface area contributed by atoms with Crippen LogP contribution in [0.25, 0.3) is 11.3 Å². The van der Waals surface area contributed by atoms with E-state index in [1.165, 1.54) is 19.2 Å². The monoisotopic (exact) mass is 220 g/mol. The Balaban J connectivity index is 2.60. The van der Waals surface area contributed by atoms with Gasteiger partial charge in [-0.3, -0.25) is 4.98 Å². The average Bonchev–Trinajstić information content (AvgIpc) is 2.23. The molecule has 0 unspecified atom stereocenters. The van der Waals surface area contributed by atoms with Crippen LogP contribution in [-0.4, -0.2) is 4.98 Å². The Labute approximate surface area is 91.7 Å². The number of nitrogens with two attached hydrogens (primary N) is 1. The van der Waals surface area contributed by atoms with Crippen LogP contribution in [-0.2, 0) is 0 Å². The van der Waals surface area contributed by atoms with Gasteiger partial charge in [0.05, 0.1) is 5.69 Å². The first-order valence-corrected chi connectivity index (χ1v) is 4.75. The number of rotatable bonds is 1. The van der Waals surface area contributed by atoms with Gasteiger partial charge < -0.3 is 5.73 Å². The fraction of sp³-hybridized carbons (Fsp3) is 0.0833. The van der Waals surface area contributed by atoms with Crippen LogP contribution in [0.4, 0.5) is 14.5 Å². The molecule has 82 valence electrons. The number of nitrogen functional groups attached to an aromatic ring is 1. The van der Waals surface area contributed by atoms with Gasteiger partial charge in [-0.15, -0.1) is 0 Å². The molecule has 0 saturated carbocycles. The van der Waals surface area contributed by atoms with Gasteiger partial charge in [0.25, 0.3) is 0 Å². The van der Waals surface area contributed by atoms with Crippen LogP contribution in [0, 0.1) is 18.6 Å². The molecule has 0 amide bonds. The number of halogens is 2. The van der Waals surface area contributed by atoms with E-state index in [1.54, 1.807) is 6.07 Å². The van der Waals surface area contributed by atoms with E-state index in [4.69, 9.17) is 5.73 Å². The van der Waals surface area contributed by atoms with Crippen molar-refractivity contribution < 1.29 is 8.78 Å². The fourth-order valence-corrected chi connectivity index (χ4v) is 1.44. The standard InChI is InChI=1S/C12H10F2N2/c1-7-4-11(14)9(6-10(7)13)12-5-8(15)2-3-16-12/h2-6H,1H3,(H2,15,16). The van der Waals surface area contributed by atoms with E-state index in [0.29, 0.717) is 11.4 Å². The largest absolute Gasteiger partial charge is 0.399 e. The van der Waals surface area contributed by atoms with Gasteiger partial charge in [0.1, 0.15) is 11.6 Å². The Hall–Kier alpha value is -1.97. The third-order valence-electron chi connectivity index (χ3n) is 2.31. The van der Waals surface area contributed by atoms with E-state index in [9.17, 15) is 8.78 Å². The van der Waals surface area contributed by atoms with Gasteiger partial charge >= 0.3 is 0 Å². The number of aromatic nitrogens is 1. The van der Waals surface area contributed by atoms with Crippen LogP contribution in [0.5, 0.6) is 0 Å². The summed E-state index contributed by atoms with van der Waals surface area (Å²) in [4.78, 5) is 3.95. The van der Waals surface area contributed by atoms with Crippen LogP contribution < -0.4 is 5.73 Å². The number of hydrogen-bond acceptors (Lipinski definition) is 2. The zero-order valence-corrected chi connectivity index (χ0v) is 8.67. The van der Waals surface area contributed by atoms with E-state index in [1.807, 2.05) is 0 Å². The van der Waals surface area contributed by atoms with Gasteiger partial charge in [-0.05, 0) is 36.8 Å². The van der Waals surface area contributed by atoms with Crippen molar-refractivity contribution in [2.24, 2.45) is 0 Å². The van der Waals surface area contributed by atoms with Crippen LogP contribution >= 0.6 is 0 Å². The van der Waals surface area contributed by atoms with Crippen molar-refractivity contribution in [3.63, 3.8) is 0 Å². The maximum absolute atomic E-state index is 13.6. The fourth-order valence-electron chi connectivity index (χ4n) is 1.44. The summed E-state index contributed by atoms with van der Waals surface area (Å²) < 4.78 is 26.9. The molecule has 1 aromatic heterocycles. The molecule has 0 bridgehead atoms. The van der Waals surface area contributed by atoms with Crippen LogP contribution in [0.1, 0.15) is 5.56 Å². The van der Waals surface area contributed by atoms with Crippen molar-refractivity contribution in [1.82, 2.24) is 4.98 Å². The molecule has 0 aliphatic rings. The van der Waals surface area contributed by atoms with Crippen molar-refractivity contribution in [1.29, 1.82) is 0 Å². The van der Waals surface area contributed by atoms with Crippen molar-refractivity contribution in [3.05, 3.63) is 47.7 Å². The second-order valence-corrected chi connectivity index (χ2v) is 3.56. The number of hydrogen-bond donors (Lipinski definition) is 1. The smallest absolute Gasteiger partial charge is 0.133 e. The predicted octanol–water partition coefficient (Wildman–Crippen LogP) is 2.92. The van der Waals surface area contributed by atoms with Gasteiger partial charge in [-0.1, -0.05) is 0 Å². The van der Waals surface area contributed by atoms with Gasteiger partial charge in [-0.25, -0.2) is 8.78 Å². The van der Waals surface area contributed by atoms with E-state index < -0.39 is 11.6 Å². The topological polar surface area (TPSA) is 38.9 Å². The lowest BCUT2D eigenvalue weighted by atomic mass is 10.1. The minimum Gasteiger partial charge on any atom is -0.399 e. The number of nitrogens with zero attached hydrogens (tertiary/aromatic N) is 1. The highest BCUT2D eigenvalue weighted by Crippen LogP contribution is 2.24. The number of anilines is 1.